The van der Waals surface area contributed by atoms with Gasteiger partial charge in [0.15, 0.2) is 0 Å². The Morgan fingerprint density at radius 1 is 1.25 bits per heavy atom. The molecule has 8 heteroatoms. The minimum atomic E-state index is -0.466. The van der Waals surface area contributed by atoms with E-state index in [2.05, 4.69) is 10.1 Å². The quantitative estimate of drug-likeness (QED) is 0.819. The fourth-order valence-electron chi connectivity index (χ4n) is 2.91. The van der Waals surface area contributed by atoms with Crippen LogP contribution in [0.15, 0.2) is 4.52 Å². The third kappa shape index (κ3) is 4.17. The van der Waals surface area contributed by atoms with Crippen molar-refractivity contribution < 1.29 is 18.8 Å². The zero-order valence-electron chi connectivity index (χ0n) is 14.7. The summed E-state index contributed by atoms with van der Waals surface area (Å²) in [5.41, 5.74) is -0.466. The van der Waals surface area contributed by atoms with Crippen LogP contribution in [0, 0.1) is 0 Å². The van der Waals surface area contributed by atoms with E-state index in [1.807, 2.05) is 25.7 Å². The average Bonchev–Trinajstić information content (AvgIpc) is 3.04. The largest absolute Gasteiger partial charge is 0.444 e. The van der Waals surface area contributed by atoms with E-state index in [1.165, 1.54) is 0 Å². The lowest BCUT2D eigenvalue weighted by molar-refractivity contribution is 0.0198. The molecule has 0 aliphatic carbocycles. The normalized spacial score (nSPS) is 20.3. The van der Waals surface area contributed by atoms with Gasteiger partial charge in [-0.3, -0.25) is 0 Å². The molecular formula is C16H26N4O4. The molecule has 134 valence electrons. The monoisotopic (exact) mass is 338 g/mol. The van der Waals surface area contributed by atoms with Gasteiger partial charge >= 0.3 is 6.09 Å². The van der Waals surface area contributed by atoms with Crippen LogP contribution in [0.5, 0.6) is 0 Å². The molecule has 1 aromatic rings. The summed E-state index contributed by atoms with van der Waals surface area (Å²) in [6.07, 6.45) is 2.32. The fraction of sp³-hybridized carbons (Fsp3) is 0.812. The maximum atomic E-state index is 12.1. The fourth-order valence-corrected chi connectivity index (χ4v) is 2.91. The molecule has 0 spiro atoms. The first-order valence-electron chi connectivity index (χ1n) is 8.56. The van der Waals surface area contributed by atoms with Crippen LogP contribution in [0.3, 0.4) is 0 Å². The third-order valence-corrected chi connectivity index (χ3v) is 4.17. The first-order chi connectivity index (χ1) is 11.4. The molecule has 1 amide bonds. The molecule has 24 heavy (non-hydrogen) atoms. The Hall–Kier alpha value is -1.83. The van der Waals surface area contributed by atoms with E-state index in [4.69, 9.17) is 14.0 Å². The van der Waals surface area contributed by atoms with E-state index in [0.717, 1.165) is 32.4 Å². The summed E-state index contributed by atoms with van der Waals surface area (Å²) < 4.78 is 16.3. The Morgan fingerprint density at radius 3 is 2.62 bits per heavy atom. The number of nitrogens with zero attached hydrogens (tertiary/aromatic N) is 4. The molecule has 3 heterocycles. The molecule has 1 aromatic heterocycles. The van der Waals surface area contributed by atoms with Crippen LogP contribution in [0.25, 0.3) is 0 Å². The molecule has 0 bridgehead atoms. The van der Waals surface area contributed by atoms with Crippen LogP contribution in [0.2, 0.25) is 0 Å². The van der Waals surface area contributed by atoms with E-state index in [9.17, 15) is 4.79 Å². The SMILES string of the molecule is CC(C)(C)OC(=O)N1CCC(c2nc(N3CCCOC3)no2)CC1. The summed E-state index contributed by atoms with van der Waals surface area (Å²) in [6, 6.07) is 0. The predicted octanol–water partition coefficient (Wildman–Crippen LogP) is 2.37. The summed E-state index contributed by atoms with van der Waals surface area (Å²) in [6.45, 7) is 9.09. The number of anilines is 1. The lowest BCUT2D eigenvalue weighted by Crippen LogP contribution is -2.41. The number of hydrogen-bond donors (Lipinski definition) is 0. The van der Waals surface area contributed by atoms with Crippen LogP contribution in [-0.4, -0.2) is 59.7 Å². The highest BCUT2D eigenvalue weighted by molar-refractivity contribution is 5.68. The molecule has 2 saturated heterocycles. The lowest BCUT2D eigenvalue weighted by atomic mass is 9.97. The van der Waals surface area contributed by atoms with Crippen molar-refractivity contribution >= 4 is 12.0 Å². The minimum Gasteiger partial charge on any atom is -0.444 e. The number of likely N-dealkylation sites (tertiary alicyclic amines) is 1. The van der Waals surface area contributed by atoms with Crippen molar-refractivity contribution in [1.29, 1.82) is 0 Å². The van der Waals surface area contributed by atoms with E-state index >= 15 is 0 Å². The summed E-state index contributed by atoms with van der Waals surface area (Å²) >= 11 is 0. The van der Waals surface area contributed by atoms with Crippen molar-refractivity contribution in [2.24, 2.45) is 0 Å². The maximum Gasteiger partial charge on any atom is 0.410 e. The van der Waals surface area contributed by atoms with Gasteiger partial charge in [0, 0.05) is 25.6 Å². The maximum absolute atomic E-state index is 12.1. The molecule has 0 aromatic carbocycles. The molecule has 0 N–H and O–H groups in total. The molecule has 0 unspecified atom stereocenters. The second-order valence-corrected chi connectivity index (χ2v) is 7.33. The first-order valence-corrected chi connectivity index (χ1v) is 8.56. The topological polar surface area (TPSA) is 80.9 Å². The van der Waals surface area contributed by atoms with Gasteiger partial charge in [-0.05, 0) is 45.2 Å². The molecular weight excluding hydrogens is 312 g/mol. The zero-order chi connectivity index (χ0) is 17.2. The van der Waals surface area contributed by atoms with Crippen molar-refractivity contribution in [3.63, 3.8) is 0 Å². The van der Waals surface area contributed by atoms with E-state index < -0.39 is 5.60 Å². The molecule has 3 rings (SSSR count). The number of carbonyl (C=O) groups excluding carboxylic acids is 1. The number of piperidine rings is 1. The predicted molar refractivity (Wildman–Crippen MR) is 86.9 cm³/mol. The van der Waals surface area contributed by atoms with Crippen molar-refractivity contribution in [3.05, 3.63) is 5.89 Å². The Labute approximate surface area is 142 Å². The van der Waals surface area contributed by atoms with Gasteiger partial charge in [0.2, 0.25) is 5.89 Å². The van der Waals surface area contributed by atoms with Gasteiger partial charge in [0.05, 0.1) is 6.61 Å². The van der Waals surface area contributed by atoms with Crippen LogP contribution in [-0.2, 0) is 9.47 Å². The number of aromatic nitrogens is 2. The molecule has 8 nitrogen and oxygen atoms in total. The van der Waals surface area contributed by atoms with Gasteiger partial charge in [-0.2, -0.15) is 4.98 Å². The van der Waals surface area contributed by atoms with Crippen LogP contribution in [0.1, 0.15) is 51.8 Å². The number of ether oxygens (including phenoxy) is 2. The number of amides is 1. The molecule has 2 aliphatic heterocycles. The Morgan fingerprint density at radius 2 is 2.00 bits per heavy atom. The summed E-state index contributed by atoms with van der Waals surface area (Å²) in [5.74, 6) is 1.44. The molecule has 2 aliphatic rings. The lowest BCUT2D eigenvalue weighted by Gasteiger charge is -2.32. The molecule has 2 fully saturated rings. The summed E-state index contributed by atoms with van der Waals surface area (Å²) in [5, 5.41) is 4.07. The van der Waals surface area contributed by atoms with Crippen LogP contribution >= 0.6 is 0 Å². The van der Waals surface area contributed by atoms with E-state index in [-0.39, 0.29) is 12.0 Å². The second kappa shape index (κ2) is 6.96. The van der Waals surface area contributed by atoms with Crippen LogP contribution in [0.4, 0.5) is 10.7 Å². The highest BCUT2D eigenvalue weighted by Gasteiger charge is 2.30. The first kappa shape index (κ1) is 17.0. The second-order valence-electron chi connectivity index (χ2n) is 7.33. The van der Waals surface area contributed by atoms with Gasteiger partial charge in [0.1, 0.15) is 12.3 Å². The zero-order valence-corrected chi connectivity index (χ0v) is 14.7. The minimum absolute atomic E-state index is 0.190. The summed E-state index contributed by atoms with van der Waals surface area (Å²) in [7, 11) is 0. The van der Waals surface area contributed by atoms with Crippen molar-refractivity contribution in [2.45, 2.75) is 51.6 Å². The van der Waals surface area contributed by atoms with Gasteiger partial charge in [-0.25, -0.2) is 4.79 Å². The third-order valence-electron chi connectivity index (χ3n) is 4.17. The smallest absolute Gasteiger partial charge is 0.410 e. The van der Waals surface area contributed by atoms with Crippen molar-refractivity contribution in [1.82, 2.24) is 15.0 Å². The molecule has 0 atom stereocenters. The Bertz CT molecular complexity index is 555. The van der Waals surface area contributed by atoms with Gasteiger partial charge in [-0.15, -0.1) is 0 Å². The number of rotatable bonds is 2. The highest BCUT2D eigenvalue weighted by Crippen LogP contribution is 2.29. The van der Waals surface area contributed by atoms with E-state index in [0.29, 0.717) is 31.7 Å². The Balaban J connectivity index is 1.53. The highest BCUT2D eigenvalue weighted by atomic mass is 16.6. The van der Waals surface area contributed by atoms with Crippen molar-refractivity contribution in [2.75, 3.05) is 37.9 Å². The molecule has 0 saturated carbocycles. The van der Waals surface area contributed by atoms with E-state index in [1.54, 1.807) is 4.90 Å². The molecule has 0 radical (unpaired) electrons. The number of hydrogen-bond acceptors (Lipinski definition) is 7. The number of carbonyl (C=O) groups is 1. The summed E-state index contributed by atoms with van der Waals surface area (Å²) in [4.78, 5) is 20.3. The van der Waals surface area contributed by atoms with Gasteiger partial charge in [0.25, 0.3) is 5.95 Å². The van der Waals surface area contributed by atoms with Crippen molar-refractivity contribution in [3.8, 4) is 0 Å². The van der Waals surface area contributed by atoms with Crippen LogP contribution < -0.4 is 4.90 Å². The van der Waals surface area contributed by atoms with Gasteiger partial charge in [-0.1, -0.05) is 0 Å². The Kier molecular flexibility index (Phi) is 4.93. The average molecular weight is 338 g/mol. The van der Waals surface area contributed by atoms with Gasteiger partial charge < -0.3 is 23.8 Å². The standard InChI is InChI=1S/C16H26N4O4/c1-16(2,3)23-15(21)19-8-5-12(6-9-19)13-17-14(18-24-13)20-7-4-10-22-11-20/h12H,4-11H2,1-3H3.